The molecule has 6 nitrogen and oxygen atoms in total. The number of carbonyl (C=O) groups excluding carboxylic acids is 1. The lowest BCUT2D eigenvalue weighted by Crippen LogP contribution is -2.34. The summed E-state index contributed by atoms with van der Waals surface area (Å²) in [5.74, 6) is -2.42. The molecule has 0 saturated carbocycles. The van der Waals surface area contributed by atoms with Crippen molar-refractivity contribution in [2.45, 2.75) is 31.7 Å². The maximum atomic E-state index is 12.5. The standard InChI is InChI=1S/C17H17F6N3O3/c1-28-9-8-26(13(27)6-7-16(18,19)20)10-11-2-4-12(5-3-11)14-24-15(29-25-14)17(21,22)23/h2-5H,6-10H2,1H3. The van der Waals surface area contributed by atoms with E-state index in [0.717, 1.165) is 0 Å². The largest absolute Gasteiger partial charge is 0.471 e. The van der Waals surface area contributed by atoms with E-state index in [-0.39, 0.29) is 31.1 Å². The molecule has 1 heterocycles. The highest BCUT2D eigenvalue weighted by Crippen LogP contribution is 2.29. The Morgan fingerprint density at radius 3 is 2.31 bits per heavy atom. The predicted octanol–water partition coefficient (Wildman–Crippen LogP) is 4.07. The first-order chi connectivity index (χ1) is 13.5. The Morgan fingerprint density at radius 2 is 1.79 bits per heavy atom. The van der Waals surface area contributed by atoms with Gasteiger partial charge in [0.15, 0.2) is 0 Å². The fourth-order valence-electron chi connectivity index (χ4n) is 2.34. The summed E-state index contributed by atoms with van der Waals surface area (Å²) in [7, 11) is 1.40. The van der Waals surface area contributed by atoms with E-state index in [1.165, 1.54) is 36.3 Å². The number of rotatable bonds is 8. The van der Waals surface area contributed by atoms with Gasteiger partial charge in [0.1, 0.15) is 0 Å². The molecule has 0 aliphatic rings. The van der Waals surface area contributed by atoms with Crippen LogP contribution in [-0.4, -0.2) is 47.4 Å². The molecule has 0 atom stereocenters. The summed E-state index contributed by atoms with van der Waals surface area (Å²) in [6.07, 6.45) is -11.1. The van der Waals surface area contributed by atoms with Crippen LogP contribution in [0.3, 0.4) is 0 Å². The molecule has 1 aromatic heterocycles. The van der Waals surface area contributed by atoms with E-state index in [2.05, 4.69) is 14.7 Å². The van der Waals surface area contributed by atoms with Crippen LogP contribution in [0, 0.1) is 0 Å². The van der Waals surface area contributed by atoms with E-state index in [9.17, 15) is 31.1 Å². The number of amides is 1. The Balaban J connectivity index is 2.07. The Morgan fingerprint density at radius 1 is 1.14 bits per heavy atom. The zero-order chi connectivity index (χ0) is 21.7. The van der Waals surface area contributed by atoms with Crippen LogP contribution in [-0.2, 0) is 22.3 Å². The van der Waals surface area contributed by atoms with Gasteiger partial charge in [-0.3, -0.25) is 4.79 Å². The molecule has 0 aliphatic carbocycles. The number of nitrogens with zero attached hydrogens (tertiary/aromatic N) is 3. The maximum absolute atomic E-state index is 12.5. The molecule has 160 valence electrons. The molecule has 1 aromatic carbocycles. The van der Waals surface area contributed by atoms with Crippen molar-refractivity contribution in [2.75, 3.05) is 20.3 Å². The lowest BCUT2D eigenvalue weighted by atomic mass is 10.1. The molecule has 0 unspecified atom stereocenters. The van der Waals surface area contributed by atoms with E-state index >= 15 is 0 Å². The first-order valence-corrected chi connectivity index (χ1v) is 8.33. The van der Waals surface area contributed by atoms with Crippen LogP contribution in [0.2, 0.25) is 0 Å². The van der Waals surface area contributed by atoms with Crippen molar-refractivity contribution in [3.8, 4) is 11.4 Å². The maximum Gasteiger partial charge on any atom is 0.471 e. The van der Waals surface area contributed by atoms with Gasteiger partial charge in [0.25, 0.3) is 0 Å². The van der Waals surface area contributed by atoms with Gasteiger partial charge >= 0.3 is 18.2 Å². The normalized spacial score (nSPS) is 12.2. The Labute approximate surface area is 161 Å². The van der Waals surface area contributed by atoms with Crippen LogP contribution in [0.4, 0.5) is 26.3 Å². The molecular weight excluding hydrogens is 408 g/mol. The summed E-state index contributed by atoms with van der Waals surface area (Å²) >= 11 is 0. The molecule has 1 amide bonds. The van der Waals surface area contributed by atoms with Crippen LogP contribution in [0.15, 0.2) is 28.8 Å². The molecule has 0 bridgehead atoms. The van der Waals surface area contributed by atoms with E-state index in [0.29, 0.717) is 5.56 Å². The summed E-state index contributed by atoms with van der Waals surface area (Å²) in [6, 6.07) is 5.87. The van der Waals surface area contributed by atoms with Gasteiger partial charge in [-0.05, 0) is 5.56 Å². The quantitative estimate of drug-likeness (QED) is 0.597. The molecule has 0 aliphatic heterocycles. The van der Waals surface area contributed by atoms with Crippen molar-refractivity contribution < 1.29 is 40.4 Å². The molecule has 12 heteroatoms. The minimum Gasteiger partial charge on any atom is -0.383 e. The Hall–Kier alpha value is -2.63. The first-order valence-electron chi connectivity index (χ1n) is 8.33. The SMILES string of the molecule is COCCN(Cc1ccc(-c2noc(C(F)(F)F)n2)cc1)C(=O)CCC(F)(F)F. The number of alkyl halides is 6. The molecule has 0 spiro atoms. The fraction of sp³-hybridized carbons (Fsp3) is 0.471. The Kier molecular flexibility index (Phi) is 7.22. The molecule has 0 N–H and O–H groups in total. The average molecular weight is 425 g/mol. The van der Waals surface area contributed by atoms with Gasteiger partial charge in [0.2, 0.25) is 11.7 Å². The van der Waals surface area contributed by atoms with Gasteiger partial charge in [-0.25, -0.2) is 0 Å². The number of benzene rings is 1. The van der Waals surface area contributed by atoms with Gasteiger partial charge in [0.05, 0.1) is 13.0 Å². The summed E-state index contributed by atoms with van der Waals surface area (Å²) in [5.41, 5.74) is 0.810. The summed E-state index contributed by atoms with van der Waals surface area (Å²) in [5, 5.41) is 3.27. The summed E-state index contributed by atoms with van der Waals surface area (Å²) in [6.45, 7) is 0.244. The first kappa shape index (κ1) is 22.7. The van der Waals surface area contributed by atoms with Gasteiger partial charge in [-0.1, -0.05) is 29.4 Å². The van der Waals surface area contributed by atoms with Gasteiger partial charge in [-0.15, -0.1) is 0 Å². The zero-order valence-electron chi connectivity index (χ0n) is 15.2. The molecule has 2 rings (SSSR count). The van der Waals surface area contributed by atoms with Crippen LogP contribution in [0.25, 0.3) is 11.4 Å². The minimum absolute atomic E-state index is 0.0143. The van der Waals surface area contributed by atoms with Crippen molar-refractivity contribution in [1.29, 1.82) is 0 Å². The zero-order valence-corrected chi connectivity index (χ0v) is 15.2. The van der Waals surface area contributed by atoms with Crippen molar-refractivity contribution in [3.63, 3.8) is 0 Å². The van der Waals surface area contributed by atoms with Crippen LogP contribution in [0.1, 0.15) is 24.3 Å². The van der Waals surface area contributed by atoms with E-state index in [1.807, 2.05) is 0 Å². The van der Waals surface area contributed by atoms with Gasteiger partial charge in [0, 0.05) is 32.2 Å². The minimum atomic E-state index is -4.76. The second kappa shape index (κ2) is 9.25. The fourth-order valence-corrected chi connectivity index (χ4v) is 2.34. The van der Waals surface area contributed by atoms with Crippen LogP contribution < -0.4 is 0 Å². The summed E-state index contributed by atoms with van der Waals surface area (Å²) < 4.78 is 83.7. The number of hydrogen-bond acceptors (Lipinski definition) is 5. The van der Waals surface area contributed by atoms with E-state index in [4.69, 9.17) is 4.74 Å². The second-order valence-electron chi connectivity index (χ2n) is 6.04. The smallest absolute Gasteiger partial charge is 0.383 e. The van der Waals surface area contributed by atoms with Crippen LogP contribution in [0.5, 0.6) is 0 Å². The number of halogens is 6. The number of ether oxygens (including phenoxy) is 1. The topological polar surface area (TPSA) is 68.5 Å². The highest BCUT2D eigenvalue weighted by Gasteiger charge is 2.38. The molecule has 0 saturated heterocycles. The van der Waals surface area contributed by atoms with Crippen LogP contribution >= 0.6 is 0 Å². The van der Waals surface area contributed by atoms with E-state index in [1.54, 1.807) is 0 Å². The second-order valence-corrected chi connectivity index (χ2v) is 6.04. The number of methoxy groups -OCH3 is 1. The van der Waals surface area contributed by atoms with Crippen molar-refractivity contribution >= 4 is 5.91 Å². The molecular formula is C17H17F6N3O3. The molecule has 0 fully saturated rings. The van der Waals surface area contributed by atoms with E-state index < -0.39 is 37.0 Å². The average Bonchev–Trinajstić information content (AvgIpc) is 3.13. The number of hydrogen-bond donors (Lipinski definition) is 0. The monoisotopic (exact) mass is 425 g/mol. The molecule has 29 heavy (non-hydrogen) atoms. The predicted molar refractivity (Wildman–Crippen MR) is 87.3 cm³/mol. The van der Waals surface area contributed by atoms with Crippen molar-refractivity contribution in [3.05, 3.63) is 35.7 Å². The van der Waals surface area contributed by atoms with Gasteiger partial charge < -0.3 is 14.2 Å². The highest BCUT2D eigenvalue weighted by molar-refractivity contribution is 5.76. The molecule has 0 radical (unpaired) electrons. The molecule has 2 aromatic rings. The highest BCUT2D eigenvalue weighted by atomic mass is 19.4. The third-order valence-electron chi connectivity index (χ3n) is 3.79. The third-order valence-corrected chi connectivity index (χ3v) is 3.79. The lowest BCUT2D eigenvalue weighted by Gasteiger charge is -2.23. The number of aromatic nitrogens is 2. The van der Waals surface area contributed by atoms with Crippen molar-refractivity contribution in [2.24, 2.45) is 0 Å². The number of carbonyl (C=O) groups is 1. The van der Waals surface area contributed by atoms with Gasteiger partial charge in [-0.2, -0.15) is 31.3 Å². The van der Waals surface area contributed by atoms with Crippen molar-refractivity contribution in [1.82, 2.24) is 15.0 Å². The lowest BCUT2D eigenvalue weighted by molar-refractivity contribution is -0.159. The summed E-state index contributed by atoms with van der Waals surface area (Å²) in [4.78, 5) is 16.6. The Bertz CT molecular complexity index is 802. The third kappa shape index (κ3) is 7.04.